The molecular formula is C23H26N2O3. The lowest BCUT2D eigenvalue weighted by Gasteiger charge is -2.19. The van der Waals surface area contributed by atoms with E-state index < -0.39 is 11.7 Å². The average Bonchev–Trinajstić information content (AvgIpc) is 2.65. The first kappa shape index (κ1) is 21.0. The van der Waals surface area contributed by atoms with Gasteiger partial charge in [-0.05, 0) is 50.5 Å². The van der Waals surface area contributed by atoms with E-state index >= 15 is 0 Å². The first-order valence-corrected chi connectivity index (χ1v) is 9.21. The number of nitriles is 1. The number of carbonyl (C=O) groups excluding carboxylic acids is 1. The lowest BCUT2D eigenvalue weighted by molar-refractivity contribution is 0.0529. The van der Waals surface area contributed by atoms with Gasteiger partial charge in [-0.15, -0.1) is 0 Å². The molecule has 0 saturated carbocycles. The summed E-state index contributed by atoms with van der Waals surface area (Å²) in [6.07, 6.45) is 4.14. The second kappa shape index (κ2) is 10.2. The van der Waals surface area contributed by atoms with E-state index in [1.807, 2.05) is 75.4 Å². The van der Waals surface area contributed by atoms with Crippen molar-refractivity contribution in [2.24, 2.45) is 0 Å². The molecule has 146 valence electrons. The highest BCUT2D eigenvalue weighted by Gasteiger charge is 2.15. The Morgan fingerprint density at radius 2 is 1.93 bits per heavy atom. The van der Waals surface area contributed by atoms with Crippen LogP contribution in [0.15, 0.2) is 54.6 Å². The van der Waals surface area contributed by atoms with Crippen LogP contribution in [-0.4, -0.2) is 18.2 Å². The Labute approximate surface area is 166 Å². The minimum Gasteiger partial charge on any atom is -0.488 e. The van der Waals surface area contributed by atoms with Gasteiger partial charge in [-0.2, -0.15) is 5.26 Å². The van der Waals surface area contributed by atoms with E-state index in [4.69, 9.17) is 9.47 Å². The van der Waals surface area contributed by atoms with Gasteiger partial charge < -0.3 is 14.8 Å². The van der Waals surface area contributed by atoms with Crippen LogP contribution in [0.25, 0.3) is 6.08 Å². The van der Waals surface area contributed by atoms with Crippen molar-refractivity contribution in [1.29, 1.82) is 5.26 Å². The molecule has 1 N–H and O–H groups in total. The number of benzene rings is 2. The van der Waals surface area contributed by atoms with Crippen LogP contribution in [0, 0.1) is 11.3 Å². The summed E-state index contributed by atoms with van der Waals surface area (Å²) in [6.45, 7) is 6.38. The van der Waals surface area contributed by atoms with Crippen LogP contribution >= 0.6 is 0 Å². The van der Waals surface area contributed by atoms with Crippen molar-refractivity contribution in [3.05, 3.63) is 71.3 Å². The highest BCUT2D eigenvalue weighted by atomic mass is 16.6. The largest absolute Gasteiger partial charge is 0.488 e. The number of rotatable bonds is 7. The molecule has 0 aliphatic rings. The Kier molecular flexibility index (Phi) is 7.65. The normalized spacial score (nSPS) is 11.1. The summed E-state index contributed by atoms with van der Waals surface area (Å²) >= 11 is 0. The Morgan fingerprint density at radius 1 is 1.18 bits per heavy atom. The third kappa shape index (κ3) is 7.55. The first-order chi connectivity index (χ1) is 13.4. The molecule has 2 aromatic rings. The standard InChI is InChI=1S/C23H26N2O3/c1-23(2,3)28-22(26)25-14-8-7-9-18-12-13-20(16-24)21(15-18)27-17-19-10-5-4-6-11-19/h4-7,9-13,15H,8,14,17H2,1-3H3,(H,25,26). The number of hydrogen-bond donors (Lipinski definition) is 1. The maximum Gasteiger partial charge on any atom is 0.407 e. The number of nitrogens with zero attached hydrogens (tertiary/aromatic N) is 1. The van der Waals surface area contributed by atoms with E-state index in [2.05, 4.69) is 11.4 Å². The highest BCUT2D eigenvalue weighted by Crippen LogP contribution is 2.22. The lowest BCUT2D eigenvalue weighted by atomic mass is 10.1. The third-order valence-corrected chi connectivity index (χ3v) is 3.65. The van der Waals surface area contributed by atoms with Crippen molar-refractivity contribution in [3.63, 3.8) is 0 Å². The molecule has 0 saturated heterocycles. The van der Waals surface area contributed by atoms with Crippen LogP contribution in [0.5, 0.6) is 5.75 Å². The first-order valence-electron chi connectivity index (χ1n) is 9.21. The zero-order chi connectivity index (χ0) is 20.4. The second-order valence-corrected chi connectivity index (χ2v) is 7.26. The summed E-state index contributed by atoms with van der Waals surface area (Å²) in [5.41, 5.74) is 1.97. The smallest absolute Gasteiger partial charge is 0.407 e. The molecule has 0 fully saturated rings. The average molecular weight is 378 g/mol. The Morgan fingerprint density at radius 3 is 2.61 bits per heavy atom. The molecule has 0 spiro atoms. The van der Waals surface area contributed by atoms with Gasteiger partial charge in [0.2, 0.25) is 0 Å². The number of hydrogen-bond acceptors (Lipinski definition) is 4. The fourth-order valence-corrected chi connectivity index (χ4v) is 2.38. The van der Waals surface area contributed by atoms with Crippen molar-refractivity contribution in [3.8, 4) is 11.8 Å². The number of amides is 1. The molecule has 0 unspecified atom stereocenters. The van der Waals surface area contributed by atoms with Gasteiger partial charge in [0.15, 0.2) is 0 Å². The van der Waals surface area contributed by atoms with Gasteiger partial charge in [0.05, 0.1) is 5.56 Å². The molecule has 0 radical (unpaired) electrons. The van der Waals surface area contributed by atoms with Crippen molar-refractivity contribution < 1.29 is 14.3 Å². The molecule has 0 atom stereocenters. The van der Waals surface area contributed by atoms with Gasteiger partial charge in [-0.1, -0.05) is 48.6 Å². The second-order valence-electron chi connectivity index (χ2n) is 7.26. The van der Waals surface area contributed by atoms with Gasteiger partial charge in [-0.25, -0.2) is 4.79 Å². The molecule has 0 aliphatic heterocycles. The molecular weight excluding hydrogens is 352 g/mol. The van der Waals surface area contributed by atoms with E-state index in [0.29, 0.717) is 30.9 Å². The van der Waals surface area contributed by atoms with Crippen LogP contribution in [-0.2, 0) is 11.3 Å². The number of carbonyl (C=O) groups is 1. The molecule has 28 heavy (non-hydrogen) atoms. The summed E-state index contributed by atoms with van der Waals surface area (Å²) in [7, 11) is 0. The van der Waals surface area contributed by atoms with Crippen LogP contribution in [0.3, 0.4) is 0 Å². The van der Waals surface area contributed by atoms with Gasteiger partial charge >= 0.3 is 6.09 Å². The zero-order valence-electron chi connectivity index (χ0n) is 16.6. The minimum atomic E-state index is -0.501. The highest BCUT2D eigenvalue weighted by molar-refractivity contribution is 5.67. The van der Waals surface area contributed by atoms with E-state index in [1.54, 1.807) is 6.07 Å². The van der Waals surface area contributed by atoms with Crippen molar-refractivity contribution >= 4 is 12.2 Å². The molecule has 0 bridgehead atoms. The predicted octanol–water partition coefficient (Wildman–Crippen LogP) is 5.07. The Hall–Kier alpha value is -3.26. The predicted molar refractivity (Wildman–Crippen MR) is 110 cm³/mol. The quantitative estimate of drug-likeness (QED) is 0.683. The number of alkyl carbamates (subject to hydrolysis) is 1. The SMILES string of the molecule is CC(C)(C)OC(=O)NCCC=Cc1ccc(C#N)c(OCc2ccccc2)c1. The molecule has 5 nitrogen and oxygen atoms in total. The summed E-state index contributed by atoms with van der Waals surface area (Å²) in [4.78, 5) is 11.6. The topological polar surface area (TPSA) is 71.3 Å². The molecule has 5 heteroatoms. The van der Waals surface area contributed by atoms with Crippen LogP contribution in [0.1, 0.15) is 43.9 Å². The molecule has 1 amide bonds. The van der Waals surface area contributed by atoms with E-state index in [0.717, 1.165) is 11.1 Å². The van der Waals surface area contributed by atoms with Gasteiger partial charge in [0.25, 0.3) is 0 Å². The maximum absolute atomic E-state index is 11.6. The van der Waals surface area contributed by atoms with Gasteiger partial charge in [0.1, 0.15) is 24.0 Å². The summed E-state index contributed by atoms with van der Waals surface area (Å²) < 4.78 is 11.0. The summed E-state index contributed by atoms with van der Waals surface area (Å²) in [6, 6.07) is 17.4. The molecule has 0 heterocycles. The molecule has 2 rings (SSSR count). The van der Waals surface area contributed by atoms with Crippen molar-refractivity contribution in [1.82, 2.24) is 5.32 Å². The number of ether oxygens (including phenoxy) is 2. The Bertz CT molecular complexity index is 846. The fourth-order valence-electron chi connectivity index (χ4n) is 2.38. The lowest BCUT2D eigenvalue weighted by Crippen LogP contribution is -2.32. The van der Waals surface area contributed by atoms with Gasteiger partial charge in [0, 0.05) is 6.54 Å². The molecule has 0 aromatic heterocycles. The third-order valence-electron chi connectivity index (χ3n) is 3.65. The van der Waals surface area contributed by atoms with Gasteiger partial charge in [-0.3, -0.25) is 0 Å². The maximum atomic E-state index is 11.6. The summed E-state index contributed by atoms with van der Waals surface area (Å²) in [5, 5.41) is 12.0. The van der Waals surface area contributed by atoms with Crippen LogP contribution < -0.4 is 10.1 Å². The van der Waals surface area contributed by atoms with E-state index in [1.165, 1.54) is 0 Å². The van der Waals surface area contributed by atoms with E-state index in [9.17, 15) is 10.1 Å². The minimum absolute atomic E-state index is 0.405. The fraction of sp³-hybridized carbons (Fsp3) is 0.304. The van der Waals surface area contributed by atoms with Crippen molar-refractivity contribution in [2.75, 3.05) is 6.54 Å². The Balaban J connectivity index is 1.89. The van der Waals surface area contributed by atoms with Crippen LogP contribution in [0.4, 0.5) is 4.79 Å². The van der Waals surface area contributed by atoms with Crippen molar-refractivity contribution in [2.45, 2.75) is 39.4 Å². The molecule has 0 aliphatic carbocycles. The zero-order valence-corrected chi connectivity index (χ0v) is 16.6. The van der Waals surface area contributed by atoms with E-state index in [-0.39, 0.29) is 0 Å². The van der Waals surface area contributed by atoms with Crippen LogP contribution in [0.2, 0.25) is 0 Å². The number of nitrogens with one attached hydrogen (secondary N) is 1. The summed E-state index contributed by atoms with van der Waals surface area (Å²) in [5.74, 6) is 0.556. The monoisotopic (exact) mass is 378 g/mol. The molecule has 2 aromatic carbocycles.